The standard InChI is InChI=1S/C22H24N6OS/c1-14-11-20(27-26-14)23-19-13-21(28-9-2-10-28)25-22(24-19)30-17-7-3-15(4-8-17)12-18(29)16-5-6-16/h3-4,7-8,11,13,16H,2,5-6,9-10,12H2,1H3,(H2,23,24,25,26,27). The molecule has 7 nitrogen and oxygen atoms in total. The molecule has 30 heavy (non-hydrogen) atoms. The molecule has 0 amide bonds. The lowest BCUT2D eigenvalue weighted by atomic mass is 10.1. The first kappa shape index (κ1) is 19.1. The molecule has 1 aliphatic heterocycles. The number of benzene rings is 1. The van der Waals surface area contributed by atoms with Crippen LogP contribution in [0.4, 0.5) is 17.5 Å². The summed E-state index contributed by atoms with van der Waals surface area (Å²) in [5.74, 6) is 3.07. The second-order valence-electron chi connectivity index (χ2n) is 7.96. The average molecular weight is 421 g/mol. The highest BCUT2D eigenvalue weighted by atomic mass is 32.2. The molecule has 1 saturated heterocycles. The number of aryl methyl sites for hydroxylation is 1. The minimum absolute atomic E-state index is 0.306. The van der Waals surface area contributed by atoms with Crippen molar-refractivity contribution in [3.05, 3.63) is 47.7 Å². The van der Waals surface area contributed by atoms with Gasteiger partial charge >= 0.3 is 0 Å². The summed E-state index contributed by atoms with van der Waals surface area (Å²) in [4.78, 5) is 24.8. The van der Waals surface area contributed by atoms with Gasteiger partial charge in [0.1, 0.15) is 17.4 Å². The molecule has 2 fully saturated rings. The summed E-state index contributed by atoms with van der Waals surface area (Å²) in [6, 6.07) is 12.1. The van der Waals surface area contributed by atoms with E-state index in [1.165, 1.54) is 18.2 Å². The van der Waals surface area contributed by atoms with Crippen molar-refractivity contribution in [1.82, 2.24) is 20.2 Å². The molecule has 5 rings (SSSR count). The highest BCUT2D eigenvalue weighted by molar-refractivity contribution is 7.99. The van der Waals surface area contributed by atoms with Gasteiger partial charge in [-0.2, -0.15) is 5.10 Å². The molecule has 154 valence electrons. The minimum atomic E-state index is 0.306. The second-order valence-corrected chi connectivity index (χ2v) is 9.00. The molecule has 0 spiro atoms. The van der Waals surface area contributed by atoms with Gasteiger partial charge in [0, 0.05) is 48.2 Å². The molecule has 0 atom stereocenters. The van der Waals surface area contributed by atoms with E-state index in [1.54, 1.807) is 0 Å². The number of ketones is 1. The zero-order valence-electron chi connectivity index (χ0n) is 16.9. The van der Waals surface area contributed by atoms with Crippen LogP contribution in [0.15, 0.2) is 46.5 Å². The Morgan fingerprint density at radius 1 is 1.17 bits per heavy atom. The Hall–Kier alpha value is -2.87. The number of rotatable bonds is 8. The average Bonchev–Trinajstić information content (AvgIpc) is 3.45. The van der Waals surface area contributed by atoms with Crippen LogP contribution in [-0.4, -0.2) is 39.0 Å². The maximum absolute atomic E-state index is 12.0. The van der Waals surface area contributed by atoms with Crippen molar-refractivity contribution >= 4 is 35.0 Å². The number of Topliss-reactive ketones (excluding diaryl/α,β-unsaturated/α-hetero) is 1. The van der Waals surface area contributed by atoms with Crippen molar-refractivity contribution in [3.63, 3.8) is 0 Å². The number of hydrogen-bond acceptors (Lipinski definition) is 7. The lowest BCUT2D eigenvalue weighted by Crippen LogP contribution is -2.37. The minimum Gasteiger partial charge on any atom is -0.356 e. The van der Waals surface area contributed by atoms with Gasteiger partial charge in [-0.3, -0.25) is 9.89 Å². The molecule has 0 unspecified atom stereocenters. The van der Waals surface area contributed by atoms with Crippen molar-refractivity contribution in [1.29, 1.82) is 0 Å². The molecular formula is C22H24N6OS. The van der Waals surface area contributed by atoms with Gasteiger partial charge in [-0.15, -0.1) is 0 Å². The van der Waals surface area contributed by atoms with E-state index in [0.717, 1.165) is 59.5 Å². The van der Waals surface area contributed by atoms with Gasteiger partial charge < -0.3 is 10.2 Å². The van der Waals surface area contributed by atoms with Crippen molar-refractivity contribution in [3.8, 4) is 0 Å². The Morgan fingerprint density at radius 2 is 1.97 bits per heavy atom. The molecule has 1 saturated carbocycles. The Balaban J connectivity index is 1.33. The van der Waals surface area contributed by atoms with Crippen LogP contribution in [0.1, 0.15) is 30.5 Å². The smallest absolute Gasteiger partial charge is 0.196 e. The highest BCUT2D eigenvalue weighted by Gasteiger charge is 2.29. The Morgan fingerprint density at radius 3 is 2.60 bits per heavy atom. The van der Waals surface area contributed by atoms with E-state index in [9.17, 15) is 4.79 Å². The van der Waals surface area contributed by atoms with Gasteiger partial charge in [-0.1, -0.05) is 12.1 Å². The molecule has 1 aliphatic carbocycles. The third-order valence-electron chi connectivity index (χ3n) is 5.38. The summed E-state index contributed by atoms with van der Waals surface area (Å²) in [5, 5.41) is 11.1. The number of carbonyl (C=O) groups is 1. The Bertz CT molecular complexity index is 1060. The van der Waals surface area contributed by atoms with Crippen molar-refractivity contribution in [2.45, 2.75) is 42.7 Å². The van der Waals surface area contributed by atoms with Gasteiger partial charge in [-0.25, -0.2) is 9.97 Å². The zero-order valence-corrected chi connectivity index (χ0v) is 17.7. The summed E-state index contributed by atoms with van der Waals surface area (Å²) in [6.45, 7) is 4.00. The number of H-pyrrole nitrogens is 1. The number of aromatic nitrogens is 4. The second kappa shape index (κ2) is 8.10. The van der Waals surface area contributed by atoms with Crippen LogP contribution in [-0.2, 0) is 11.2 Å². The molecule has 0 bridgehead atoms. The summed E-state index contributed by atoms with van der Waals surface area (Å²) in [6.07, 6.45) is 3.85. The molecule has 3 aromatic rings. The summed E-state index contributed by atoms with van der Waals surface area (Å²) < 4.78 is 0. The number of anilines is 3. The van der Waals surface area contributed by atoms with Gasteiger partial charge in [0.05, 0.1) is 0 Å². The molecule has 3 heterocycles. The zero-order chi connectivity index (χ0) is 20.5. The van der Waals surface area contributed by atoms with Gasteiger partial charge in [0.2, 0.25) is 0 Å². The molecule has 0 radical (unpaired) electrons. The van der Waals surface area contributed by atoms with Crippen LogP contribution in [0.5, 0.6) is 0 Å². The van der Waals surface area contributed by atoms with Crippen LogP contribution in [0, 0.1) is 12.8 Å². The summed E-state index contributed by atoms with van der Waals surface area (Å²) >= 11 is 1.53. The number of nitrogens with zero attached hydrogens (tertiary/aromatic N) is 4. The van der Waals surface area contributed by atoms with Crippen LogP contribution >= 0.6 is 11.8 Å². The predicted octanol–water partition coefficient (Wildman–Crippen LogP) is 4.13. The molecule has 2 N–H and O–H groups in total. The molecule has 2 aromatic heterocycles. The molecule has 1 aromatic carbocycles. The molecule has 2 aliphatic rings. The largest absolute Gasteiger partial charge is 0.356 e. The summed E-state index contributed by atoms with van der Waals surface area (Å²) in [5.41, 5.74) is 2.06. The highest BCUT2D eigenvalue weighted by Crippen LogP contribution is 2.32. The van der Waals surface area contributed by atoms with Gasteiger partial charge in [0.15, 0.2) is 11.0 Å². The fourth-order valence-electron chi connectivity index (χ4n) is 3.37. The Labute approximate surface area is 179 Å². The maximum Gasteiger partial charge on any atom is 0.196 e. The number of nitrogens with one attached hydrogen (secondary N) is 2. The molecular weight excluding hydrogens is 396 g/mol. The normalized spacial score (nSPS) is 15.7. The van der Waals surface area contributed by atoms with Crippen molar-refractivity contribution < 1.29 is 4.79 Å². The first-order valence-electron chi connectivity index (χ1n) is 10.3. The lowest BCUT2D eigenvalue weighted by molar-refractivity contribution is -0.119. The number of carbonyl (C=O) groups excluding carboxylic acids is 1. The van der Waals surface area contributed by atoms with Crippen LogP contribution in [0.3, 0.4) is 0 Å². The maximum atomic E-state index is 12.0. The van der Waals surface area contributed by atoms with Crippen LogP contribution in [0.2, 0.25) is 0 Å². The summed E-state index contributed by atoms with van der Waals surface area (Å²) in [7, 11) is 0. The monoisotopic (exact) mass is 420 g/mol. The fourth-order valence-corrected chi connectivity index (χ4v) is 4.14. The third kappa shape index (κ3) is 4.48. The van der Waals surface area contributed by atoms with Gasteiger partial charge in [-0.05, 0) is 55.6 Å². The van der Waals surface area contributed by atoms with E-state index in [4.69, 9.17) is 4.98 Å². The van der Waals surface area contributed by atoms with E-state index in [1.807, 2.05) is 43.3 Å². The Kier molecular flexibility index (Phi) is 5.16. The fraction of sp³-hybridized carbons (Fsp3) is 0.364. The van der Waals surface area contributed by atoms with E-state index in [0.29, 0.717) is 23.3 Å². The third-order valence-corrected chi connectivity index (χ3v) is 6.25. The predicted molar refractivity (Wildman–Crippen MR) is 117 cm³/mol. The topological polar surface area (TPSA) is 86.8 Å². The SMILES string of the molecule is Cc1cc(Nc2cc(N3CCC3)nc(Sc3ccc(CC(=O)C4CC4)cc3)n2)n[nH]1. The van der Waals surface area contributed by atoms with E-state index in [-0.39, 0.29) is 0 Å². The number of hydrogen-bond donors (Lipinski definition) is 2. The first-order chi connectivity index (χ1) is 14.6. The van der Waals surface area contributed by atoms with Gasteiger partial charge in [0.25, 0.3) is 0 Å². The van der Waals surface area contributed by atoms with E-state index >= 15 is 0 Å². The number of aromatic amines is 1. The van der Waals surface area contributed by atoms with Crippen LogP contribution in [0.25, 0.3) is 0 Å². The lowest BCUT2D eigenvalue weighted by Gasteiger charge is -2.32. The van der Waals surface area contributed by atoms with Crippen LogP contribution < -0.4 is 10.2 Å². The first-order valence-corrected chi connectivity index (χ1v) is 11.2. The van der Waals surface area contributed by atoms with Crippen molar-refractivity contribution in [2.75, 3.05) is 23.3 Å². The van der Waals surface area contributed by atoms with Crippen molar-refractivity contribution in [2.24, 2.45) is 5.92 Å². The quantitative estimate of drug-likeness (QED) is 0.530. The molecule has 8 heteroatoms. The van der Waals surface area contributed by atoms with E-state index in [2.05, 4.69) is 25.4 Å². The van der Waals surface area contributed by atoms with E-state index < -0.39 is 0 Å².